The van der Waals surface area contributed by atoms with Gasteiger partial charge < -0.3 is 13.4 Å². The molecule has 0 spiro atoms. The van der Waals surface area contributed by atoms with Crippen molar-refractivity contribution >= 4 is 37.7 Å². The molecule has 0 aromatic heterocycles. The number of hydrogen-bond acceptors (Lipinski definition) is 1. The quantitative estimate of drug-likeness (QED) is 0.458. The molecule has 120 valence electrons. The van der Waals surface area contributed by atoms with Crippen LogP contribution in [-0.4, -0.2) is 48.3 Å². The van der Waals surface area contributed by atoms with Gasteiger partial charge in [-0.15, -0.1) is 0 Å². The average Bonchev–Trinajstić information content (AvgIpc) is 2.43. The van der Waals surface area contributed by atoms with Gasteiger partial charge in [0.25, 0.3) is 0 Å². The van der Waals surface area contributed by atoms with Gasteiger partial charge in [-0.1, -0.05) is 82.9 Å². The standard InChI is InChI=1S/C18H30O.Ca.H2O.2H/c1-2-3-4-5-6-7-8-9-10-11-14-17-15-12-13-16-18(17)19;;;;/h12-13,15-16,19H,2-11,14H2,1H3;;1H2;;/q;+2;;2*-1. The minimum absolute atomic E-state index is 0. The Kier molecular flexibility index (Phi) is 18.6. The molecule has 1 rings (SSSR count). The van der Waals surface area contributed by atoms with E-state index in [0.717, 1.165) is 12.0 Å². The van der Waals surface area contributed by atoms with E-state index in [-0.39, 0.29) is 46.1 Å². The Morgan fingerprint density at radius 1 is 0.810 bits per heavy atom. The van der Waals surface area contributed by atoms with Crippen LogP contribution in [-0.2, 0) is 6.42 Å². The van der Waals surface area contributed by atoms with Gasteiger partial charge in [-0.25, -0.2) is 0 Å². The third-order valence-corrected chi connectivity index (χ3v) is 3.79. The first kappa shape index (κ1) is 23.5. The largest absolute Gasteiger partial charge is 2.00 e. The summed E-state index contributed by atoms with van der Waals surface area (Å²) in [4.78, 5) is 0. The number of aromatic hydroxyl groups is 1. The Morgan fingerprint density at radius 2 is 1.29 bits per heavy atom. The maximum absolute atomic E-state index is 9.65. The van der Waals surface area contributed by atoms with E-state index >= 15 is 0 Å². The van der Waals surface area contributed by atoms with Crippen LogP contribution in [0, 0.1) is 0 Å². The van der Waals surface area contributed by atoms with Gasteiger partial charge in [0.15, 0.2) is 0 Å². The van der Waals surface area contributed by atoms with Crippen LogP contribution < -0.4 is 0 Å². The van der Waals surface area contributed by atoms with Crippen LogP contribution in [0.25, 0.3) is 0 Å². The van der Waals surface area contributed by atoms with Crippen LogP contribution >= 0.6 is 0 Å². The number of phenolic OH excluding ortho intramolecular Hbond substituents is 1. The molecule has 0 radical (unpaired) electrons. The Bertz CT molecular complexity index is 339. The Morgan fingerprint density at radius 3 is 1.81 bits per heavy atom. The van der Waals surface area contributed by atoms with Gasteiger partial charge in [0.2, 0.25) is 0 Å². The summed E-state index contributed by atoms with van der Waals surface area (Å²) < 4.78 is 0. The fraction of sp³-hybridized carbons (Fsp3) is 0.667. The fourth-order valence-corrected chi connectivity index (χ4v) is 2.53. The number of rotatable bonds is 11. The normalized spacial score (nSPS) is 9.76. The molecule has 0 heterocycles. The van der Waals surface area contributed by atoms with E-state index < -0.39 is 0 Å². The van der Waals surface area contributed by atoms with Gasteiger partial charge in [0, 0.05) is 0 Å². The fourth-order valence-electron chi connectivity index (χ4n) is 2.53. The van der Waals surface area contributed by atoms with Crippen LogP contribution in [0.15, 0.2) is 24.3 Å². The second kappa shape index (κ2) is 16.6. The van der Waals surface area contributed by atoms with Crippen LogP contribution in [0.1, 0.15) is 79.5 Å². The third kappa shape index (κ3) is 12.5. The summed E-state index contributed by atoms with van der Waals surface area (Å²) in [5.41, 5.74) is 1.10. The van der Waals surface area contributed by atoms with Crippen LogP contribution in [0.3, 0.4) is 0 Å². The molecular formula is C18H34CaO2. The van der Waals surface area contributed by atoms with E-state index in [1.165, 1.54) is 64.2 Å². The maximum Gasteiger partial charge on any atom is 2.00 e. The zero-order valence-corrected chi connectivity index (χ0v) is 16.0. The van der Waals surface area contributed by atoms with Crippen molar-refractivity contribution in [2.24, 2.45) is 0 Å². The molecule has 0 bridgehead atoms. The van der Waals surface area contributed by atoms with Crippen LogP contribution in [0.5, 0.6) is 5.75 Å². The molecule has 3 heteroatoms. The first-order valence-electron chi connectivity index (χ1n) is 8.11. The summed E-state index contributed by atoms with van der Waals surface area (Å²) in [6.45, 7) is 2.27. The molecule has 2 nitrogen and oxygen atoms in total. The van der Waals surface area contributed by atoms with Crippen molar-refractivity contribution in [3.63, 3.8) is 0 Å². The van der Waals surface area contributed by atoms with Gasteiger partial charge in [-0.3, -0.25) is 0 Å². The van der Waals surface area contributed by atoms with E-state index in [1.54, 1.807) is 6.07 Å². The van der Waals surface area contributed by atoms with Crippen molar-refractivity contribution in [2.75, 3.05) is 0 Å². The minimum atomic E-state index is 0. The zero-order valence-electron chi connectivity index (χ0n) is 15.7. The smallest absolute Gasteiger partial charge is 1.00 e. The third-order valence-electron chi connectivity index (χ3n) is 3.79. The van der Waals surface area contributed by atoms with Crippen LogP contribution in [0.2, 0.25) is 0 Å². The van der Waals surface area contributed by atoms with E-state index in [1.807, 2.05) is 18.2 Å². The molecule has 0 fully saturated rings. The second-order valence-electron chi connectivity index (χ2n) is 5.56. The number of benzene rings is 1. The molecule has 0 saturated heterocycles. The molecule has 3 N–H and O–H groups in total. The Labute approximate surface area is 163 Å². The molecule has 0 aliphatic rings. The van der Waals surface area contributed by atoms with Gasteiger partial charge in [-0.05, 0) is 24.5 Å². The number of unbranched alkanes of at least 4 members (excludes halogenated alkanes) is 9. The van der Waals surface area contributed by atoms with Crippen molar-refractivity contribution in [2.45, 2.75) is 77.6 Å². The van der Waals surface area contributed by atoms with Crippen molar-refractivity contribution in [3.05, 3.63) is 29.8 Å². The van der Waals surface area contributed by atoms with Gasteiger partial charge >= 0.3 is 37.7 Å². The summed E-state index contributed by atoms with van der Waals surface area (Å²) in [5.74, 6) is 0.457. The number of aryl methyl sites for hydroxylation is 1. The van der Waals surface area contributed by atoms with Gasteiger partial charge in [0.05, 0.1) is 0 Å². The van der Waals surface area contributed by atoms with Crippen molar-refractivity contribution in [3.8, 4) is 5.75 Å². The summed E-state index contributed by atoms with van der Waals surface area (Å²) in [7, 11) is 0. The van der Waals surface area contributed by atoms with E-state index in [2.05, 4.69) is 6.92 Å². The average molecular weight is 323 g/mol. The summed E-state index contributed by atoms with van der Waals surface area (Å²) in [5, 5.41) is 9.65. The van der Waals surface area contributed by atoms with E-state index in [9.17, 15) is 5.11 Å². The number of phenols is 1. The SMILES string of the molecule is CCCCCCCCCCCCc1ccccc1O.O.[Ca+2].[H-].[H-]. The Hall–Kier alpha value is 0.240. The zero-order chi connectivity index (χ0) is 13.8. The molecule has 0 aliphatic heterocycles. The second-order valence-corrected chi connectivity index (χ2v) is 5.56. The predicted molar refractivity (Wildman–Crippen MR) is 95.2 cm³/mol. The molecule has 1 aromatic rings. The topological polar surface area (TPSA) is 51.7 Å². The van der Waals surface area contributed by atoms with Crippen molar-refractivity contribution < 1.29 is 13.4 Å². The molecule has 0 saturated carbocycles. The molecule has 0 amide bonds. The van der Waals surface area contributed by atoms with Gasteiger partial charge in [-0.2, -0.15) is 0 Å². The van der Waals surface area contributed by atoms with Gasteiger partial charge in [0.1, 0.15) is 5.75 Å². The van der Waals surface area contributed by atoms with Crippen LogP contribution in [0.4, 0.5) is 0 Å². The maximum atomic E-state index is 9.65. The summed E-state index contributed by atoms with van der Waals surface area (Å²) in [6, 6.07) is 7.71. The van der Waals surface area contributed by atoms with Crippen molar-refractivity contribution in [1.82, 2.24) is 0 Å². The molecule has 0 atom stereocenters. The molecular weight excluding hydrogens is 288 g/mol. The number of para-hydroxylation sites is 1. The molecule has 0 aliphatic carbocycles. The molecule has 1 aromatic carbocycles. The number of hydrogen-bond donors (Lipinski definition) is 1. The predicted octanol–water partition coefficient (Wildman–Crippen LogP) is 4.88. The summed E-state index contributed by atoms with van der Waals surface area (Å²) in [6.07, 6.45) is 14.6. The Balaban J connectivity index is -0.000000451. The monoisotopic (exact) mass is 322 g/mol. The summed E-state index contributed by atoms with van der Waals surface area (Å²) >= 11 is 0. The molecule has 21 heavy (non-hydrogen) atoms. The first-order chi connectivity index (χ1) is 9.34. The van der Waals surface area contributed by atoms with E-state index in [0.29, 0.717) is 5.75 Å². The minimum Gasteiger partial charge on any atom is -1.00 e. The van der Waals surface area contributed by atoms with E-state index in [4.69, 9.17) is 0 Å². The van der Waals surface area contributed by atoms with Crippen molar-refractivity contribution in [1.29, 1.82) is 0 Å². The molecule has 0 unspecified atom stereocenters. The first-order valence-corrected chi connectivity index (χ1v) is 8.11.